The molecule has 8 heteroatoms. The van der Waals surface area contributed by atoms with Gasteiger partial charge in [-0.1, -0.05) is 46.3 Å². The number of aromatic amines is 1. The van der Waals surface area contributed by atoms with E-state index in [0.29, 0.717) is 36.6 Å². The van der Waals surface area contributed by atoms with Crippen LogP contribution in [0, 0.1) is 14.9 Å². The summed E-state index contributed by atoms with van der Waals surface area (Å²) in [6.07, 6.45) is 4.17. The van der Waals surface area contributed by atoms with Gasteiger partial charge in [0.25, 0.3) is 5.91 Å². The molecule has 0 unspecified atom stereocenters. The average Bonchev–Trinajstić information content (AvgIpc) is 3.30. The molecule has 6 nitrogen and oxygen atoms in total. The van der Waals surface area contributed by atoms with Crippen LogP contribution in [0.1, 0.15) is 16.7 Å². The van der Waals surface area contributed by atoms with E-state index < -0.39 is 5.91 Å². The lowest BCUT2D eigenvalue weighted by molar-refractivity contribution is -0.117. The lowest BCUT2D eigenvalue weighted by atomic mass is 10.1. The van der Waals surface area contributed by atoms with Gasteiger partial charge in [-0.05, 0) is 82.1 Å². The first-order valence-corrected chi connectivity index (χ1v) is 13.1. The van der Waals surface area contributed by atoms with Crippen molar-refractivity contribution in [2.75, 3.05) is 13.7 Å². The van der Waals surface area contributed by atoms with E-state index in [2.05, 4.69) is 48.8 Å². The number of ether oxygens (including phenoxy) is 2. The third kappa shape index (κ3) is 6.28. The van der Waals surface area contributed by atoms with Crippen LogP contribution in [-0.4, -0.2) is 24.5 Å². The highest BCUT2D eigenvalue weighted by molar-refractivity contribution is 14.1. The number of hydrogen-bond acceptors (Lipinski definition) is 4. The summed E-state index contributed by atoms with van der Waals surface area (Å²) in [5, 5.41) is 13.6. The van der Waals surface area contributed by atoms with Gasteiger partial charge in [0.1, 0.15) is 18.2 Å². The van der Waals surface area contributed by atoms with E-state index in [1.807, 2.05) is 66.9 Å². The molecule has 3 aromatic carbocycles. The van der Waals surface area contributed by atoms with Gasteiger partial charge in [-0.3, -0.25) is 4.79 Å². The van der Waals surface area contributed by atoms with Crippen molar-refractivity contribution >= 4 is 61.4 Å². The van der Waals surface area contributed by atoms with Gasteiger partial charge < -0.3 is 19.8 Å². The van der Waals surface area contributed by atoms with Gasteiger partial charge in [0.05, 0.1) is 10.7 Å². The fraction of sp³-hybridized carbons (Fsp3) is 0.143. The Morgan fingerprint density at radius 1 is 1.19 bits per heavy atom. The van der Waals surface area contributed by atoms with Gasteiger partial charge in [0.2, 0.25) is 0 Å². The predicted molar refractivity (Wildman–Crippen MR) is 153 cm³/mol. The summed E-state index contributed by atoms with van der Waals surface area (Å²) >= 11 is 5.60. The maximum atomic E-state index is 12.7. The van der Waals surface area contributed by atoms with E-state index in [0.717, 1.165) is 30.1 Å². The number of amides is 1. The molecule has 182 valence electrons. The summed E-state index contributed by atoms with van der Waals surface area (Å²) in [6.45, 7) is 0.806. The van der Waals surface area contributed by atoms with Crippen LogP contribution in [0.5, 0.6) is 11.5 Å². The molecule has 1 aromatic heterocycles. The molecular formula is C28H23BrIN3O3. The Kier molecular flexibility index (Phi) is 8.67. The molecule has 4 rings (SSSR count). The summed E-state index contributed by atoms with van der Waals surface area (Å²) in [7, 11) is 1.56. The summed E-state index contributed by atoms with van der Waals surface area (Å²) in [5.41, 5.74) is 3.90. The van der Waals surface area contributed by atoms with Crippen molar-refractivity contribution in [2.24, 2.45) is 0 Å². The Morgan fingerprint density at radius 2 is 1.97 bits per heavy atom. The Balaban J connectivity index is 1.43. The number of nitrogens with one attached hydrogen (secondary N) is 2. The smallest absolute Gasteiger partial charge is 0.261 e. The zero-order chi connectivity index (χ0) is 25.5. The molecule has 0 atom stereocenters. The van der Waals surface area contributed by atoms with Crippen LogP contribution in [0.2, 0.25) is 0 Å². The molecule has 2 N–H and O–H groups in total. The number of para-hydroxylation sites is 1. The predicted octanol–water partition coefficient (Wildman–Crippen LogP) is 6.39. The maximum absolute atomic E-state index is 12.7. The topological polar surface area (TPSA) is 87.1 Å². The minimum Gasteiger partial charge on any atom is -0.493 e. The standard InChI is InChI=1S/C28H23BrIN3O3/c1-35-26-14-19(13-24(30)27(26)36-17-18-6-8-22(29)9-7-18)12-21(15-31)28(34)32-11-10-20-16-33-25-5-3-2-4-23(20)25/h2-9,12-14,16,33H,10-11,17H2,1H3,(H,32,34)/b21-12-. The molecule has 0 spiro atoms. The van der Waals surface area contributed by atoms with E-state index in [9.17, 15) is 10.1 Å². The van der Waals surface area contributed by atoms with E-state index >= 15 is 0 Å². The number of nitriles is 1. The highest BCUT2D eigenvalue weighted by Gasteiger charge is 2.14. The molecule has 0 aliphatic heterocycles. The van der Waals surface area contributed by atoms with Crippen molar-refractivity contribution in [3.05, 3.63) is 97.2 Å². The fourth-order valence-corrected chi connectivity index (χ4v) is 4.80. The van der Waals surface area contributed by atoms with Gasteiger partial charge in [-0.25, -0.2) is 0 Å². The number of carbonyl (C=O) groups is 1. The van der Waals surface area contributed by atoms with Crippen molar-refractivity contribution in [1.82, 2.24) is 10.3 Å². The van der Waals surface area contributed by atoms with Crippen LogP contribution in [-0.2, 0) is 17.8 Å². The SMILES string of the molecule is COc1cc(/C=C(/C#N)C(=O)NCCc2c[nH]c3ccccc23)cc(I)c1OCc1ccc(Br)cc1. The molecule has 0 aliphatic carbocycles. The van der Waals surface area contributed by atoms with E-state index in [1.165, 1.54) is 0 Å². The number of nitrogens with zero attached hydrogens (tertiary/aromatic N) is 1. The first-order valence-electron chi connectivity index (χ1n) is 11.2. The third-order valence-electron chi connectivity index (χ3n) is 5.58. The van der Waals surface area contributed by atoms with Gasteiger partial charge in [-0.15, -0.1) is 0 Å². The first kappa shape index (κ1) is 25.8. The van der Waals surface area contributed by atoms with Crippen LogP contribution in [0.25, 0.3) is 17.0 Å². The molecule has 1 amide bonds. The molecule has 0 saturated heterocycles. The third-order valence-corrected chi connectivity index (χ3v) is 6.91. The highest BCUT2D eigenvalue weighted by Crippen LogP contribution is 2.35. The number of benzene rings is 3. The summed E-state index contributed by atoms with van der Waals surface area (Å²) in [5.74, 6) is 0.726. The molecule has 0 fully saturated rings. The summed E-state index contributed by atoms with van der Waals surface area (Å²) in [6, 6.07) is 21.5. The second kappa shape index (κ2) is 12.1. The number of H-pyrrole nitrogens is 1. The number of methoxy groups -OCH3 is 1. The van der Waals surface area contributed by atoms with Crippen molar-refractivity contribution < 1.29 is 14.3 Å². The lowest BCUT2D eigenvalue weighted by Gasteiger charge is -2.14. The Labute approximate surface area is 231 Å². The lowest BCUT2D eigenvalue weighted by Crippen LogP contribution is -2.26. The van der Waals surface area contributed by atoms with Crippen molar-refractivity contribution in [3.8, 4) is 17.6 Å². The molecule has 0 saturated carbocycles. The summed E-state index contributed by atoms with van der Waals surface area (Å²) < 4.78 is 13.4. The van der Waals surface area contributed by atoms with Crippen LogP contribution in [0.3, 0.4) is 0 Å². The average molecular weight is 656 g/mol. The van der Waals surface area contributed by atoms with E-state index in [4.69, 9.17) is 9.47 Å². The minimum atomic E-state index is -0.415. The highest BCUT2D eigenvalue weighted by atomic mass is 127. The molecule has 1 heterocycles. The van der Waals surface area contributed by atoms with Crippen molar-refractivity contribution in [1.29, 1.82) is 5.26 Å². The molecule has 4 aromatic rings. The van der Waals surface area contributed by atoms with Gasteiger partial charge in [0.15, 0.2) is 11.5 Å². The Morgan fingerprint density at radius 3 is 2.72 bits per heavy atom. The summed E-state index contributed by atoms with van der Waals surface area (Å²) in [4.78, 5) is 15.9. The number of hydrogen-bond donors (Lipinski definition) is 2. The van der Waals surface area contributed by atoms with Crippen molar-refractivity contribution in [2.45, 2.75) is 13.0 Å². The minimum absolute atomic E-state index is 0.0234. The first-order chi connectivity index (χ1) is 17.5. The number of carbonyl (C=O) groups excluding carboxylic acids is 1. The van der Waals surface area contributed by atoms with E-state index in [-0.39, 0.29) is 5.57 Å². The normalized spacial score (nSPS) is 11.2. The fourth-order valence-electron chi connectivity index (χ4n) is 3.76. The van der Waals surface area contributed by atoms with Gasteiger partial charge in [0, 0.05) is 28.1 Å². The zero-order valence-corrected chi connectivity index (χ0v) is 23.2. The molecule has 36 heavy (non-hydrogen) atoms. The second-order valence-electron chi connectivity index (χ2n) is 7.98. The number of halogens is 2. The zero-order valence-electron chi connectivity index (χ0n) is 19.5. The van der Waals surface area contributed by atoms with Crippen LogP contribution in [0.15, 0.2) is 76.9 Å². The second-order valence-corrected chi connectivity index (χ2v) is 10.1. The maximum Gasteiger partial charge on any atom is 0.261 e. The molecular weight excluding hydrogens is 633 g/mol. The Hall–Kier alpha value is -3.29. The number of aromatic nitrogens is 1. The monoisotopic (exact) mass is 655 g/mol. The number of fused-ring (bicyclic) bond motifs is 1. The molecule has 0 aliphatic rings. The quantitative estimate of drug-likeness (QED) is 0.124. The van der Waals surface area contributed by atoms with Gasteiger partial charge in [-0.2, -0.15) is 5.26 Å². The van der Waals surface area contributed by atoms with Crippen LogP contribution >= 0.6 is 38.5 Å². The van der Waals surface area contributed by atoms with Gasteiger partial charge >= 0.3 is 0 Å². The largest absolute Gasteiger partial charge is 0.493 e. The van der Waals surface area contributed by atoms with Crippen LogP contribution in [0.4, 0.5) is 0 Å². The molecule has 0 radical (unpaired) electrons. The van der Waals surface area contributed by atoms with E-state index in [1.54, 1.807) is 19.3 Å². The Bertz CT molecular complexity index is 1460. The van der Waals surface area contributed by atoms with Crippen molar-refractivity contribution in [3.63, 3.8) is 0 Å². The molecule has 0 bridgehead atoms. The number of rotatable bonds is 9. The van der Waals surface area contributed by atoms with Crippen LogP contribution < -0.4 is 14.8 Å².